The van der Waals surface area contributed by atoms with Crippen LogP contribution in [0.2, 0.25) is 0 Å². The van der Waals surface area contributed by atoms with Crippen LogP contribution in [0.5, 0.6) is 0 Å². The zero-order chi connectivity index (χ0) is 13.9. The van der Waals surface area contributed by atoms with Crippen LogP contribution in [0, 0.1) is 22.6 Å². The summed E-state index contributed by atoms with van der Waals surface area (Å²) < 4.78 is 13.3. The molecule has 19 heavy (non-hydrogen) atoms. The summed E-state index contributed by atoms with van der Waals surface area (Å²) >= 11 is 0. The summed E-state index contributed by atoms with van der Waals surface area (Å²) in [6, 6.07) is 6.75. The molecule has 0 amide bonds. The van der Waals surface area contributed by atoms with E-state index in [1.54, 1.807) is 12.1 Å². The van der Waals surface area contributed by atoms with Crippen molar-refractivity contribution < 1.29 is 4.39 Å². The predicted molar refractivity (Wildman–Crippen MR) is 74.0 cm³/mol. The Morgan fingerprint density at radius 3 is 2.63 bits per heavy atom. The van der Waals surface area contributed by atoms with Crippen molar-refractivity contribution >= 4 is 0 Å². The van der Waals surface area contributed by atoms with Gasteiger partial charge in [0.05, 0.1) is 5.56 Å². The maximum absolute atomic E-state index is 13.3. The van der Waals surface area contributed by atoms with E-state index < -0.39 is 5.82 Å². The summed E-state index contributed by atoms with van der Waals surface area (Å²) in [5, 5.41) is 8.85. The van der Waals surface area contributed by atoms with Crippen LogP contribution in [0.15, 0.2) is 18.2 Å². The lowest BCUT2D eigenvalue weighted by molar-refractivity contribution is 0.109. The first kappa shape index (κ1) is 14.0. The van der Waals surface area contributed by atoms with Crippen LogP contribution in [0.25, 0.3) is 0 Å². The van der Waals surface area contributed by atoms with Gasteiger partial charge in [-0.05, 0) is 49.0 Å². The van der Waals surface area contributed by atoms with Gasteiger partial charge in [-0.2, -0.15) is 5.26 Å². The minimum absolute atomic E-state index is 0.146. The van der Waals surface area contributed by atoms with E-state index in [-0.39, 0.29) is 5.56 Å². The van der Waals surface area contributed by atoms with Crippen LogP contribution in [-0.4, -0.2) is 18.0 Å². The number of piperidine rings is 1. The van der Waals surface area contributed by atoms with E-state index in [2.05, 4.69) is 18.7 Å². The third-order valence-electron chi connectivity index (χ3n) is 4.47. The first-order valence-electron chi connectivity index (χ1n) is 6.97. The lowest BCUT2D eigenvalue weighted by Gasteiger charge is -2.39. The van der Waals surface area contributed by atoms with E-state index in [9.17, 15) is 4.39 Å². The molecule has 0 aliphatic carbocycles. The average molecular weight is 260 g/mol. The van der Waals surface area contributed by atoms with Gasteiger partial charge in [0.25, 0.3) is 0 Å². The van der Waals surface area contributed by atoms with Crippen LogP contribution in [0.3, 0.4) is 0 Å². The second kappa shape index (κ2) is 5.71. The number of benzene rings is 1. The van der Waals surface area contributed by atoms with Crippen molar-refractivity contribution in [1.29, 1.82) is 5.26 Å². The van der Waals surface area contributed by atoms with Crippen LogP contribution < -0.4 is 0 Å². The Morgan fingerprint density at radius 2 is 2.05 bits per heavy atom. The van der Waals surface area contributed by atoms with Gasteiger partial charge in [-0.3, -0.25) is 4.90 Å². The second-order valence-electron chi connectivity index (χ2n) is 5.87. The van der Waals surface area contributed by atoms with Gasteiger partial charge in [-0.1, -0.05) is 26.3 Å². The van der Waals surface area contributed by atoms with Crippen molar-refractivity contribution in [2.45, 2.75) is 39.7 Å². The van der Waals surface area contributed by atoms with Gasteiger partial charge in [-0.15, -0.1) is 0 Å². The highest BCUT2D eigenvalue weighted by molar-refractivity contribution is 5.34. The topological polar surface area (TPSA) is 27.0 Å². The number of likely N-dealkylation sites (tertiary alicyclic amines) is 1. The van der Waals surface area contributed by atoms with Crippen molar-refractivity contribution in [2.24, 2.45) is 5.41 Å². The summed E-state index contributed by atoms with van der Waals surface area (Å²) in [5.41, 5.74) is 1.66. The zero-order valence-electron chi connectivity index (χ0n) is 11.7. The average Bonchev–Trinajstić information content (AvgIpc) is 2.43. The zero-order valence-corrected chi connectivity index (χ0v) is 11.7. The SMILES string of the molecule is CCC1(C)CCN(Cc2ccc(F)c(C#N)c2)CC1. The first-order valence-corrected chi connectivity index (χ1v) is 6.97. The highest BCUT2D eigenvalue weighted by Crippen LogP contribution is 2.34. The van der Waals surface area contributed by atoms with Gasteiger partial charge in [0.2, 0.25) is 0 Å². The Hall–Kier alpha value is -1.40. The van der Waals surface area contributed by atoms with Crippen molar-refractivity contribution in [3.8, 4) is 6.07 Å². The Morgan fingerprint density at radius 1 is 1.37 bits per heavy atom. The molecule has 1 saturated heterocycles. The molecule has 1 aromatic carbocycles. The summed E-state index contributed by atoms with van der Waals surface area (Å²) in [6.07, 6.45) is 3.67. The predicted octanol–water partition coefficient (Wildman–Crippen LogP) is 3.71. The van der Waals surface area contributed by atoms with Crippen molar-refractivity contribution in [3.63, 3.8) is 0 Å². The molecule has 102 valence electrons. The van der Waals surface area contributed by atoms with Crippen LogP contribution in [0.4, 0.5) is 4.39 Å². The van der Waals surface area contributed by atoms with E-state index >= 15 is 0 Å². The van der Waals surface area contributed by atoms with Crippen LogP contribution in [0.1, 0.15) is 44.2 Å². The van der Waals surface area contributed by atoms with E-state index in [1.807, 2.05) is 6.07 Å². The molecule has 0 aromatic heterocycles. The van der Waals surface area contributed by atoms with Crippen LogP contribution in [-0.2, 0) is 6.54 Å². The standard InChI is InChI=1S/C16H21FN2/c1-3-16(2)6-8-19(9-7-16)12-13-4-5-15(17)14(10-13)11-18/h4-5,10H,3,6-9,12H2,1-2H3. The minimum Gasteiger partial charge on any atom is -0.299 e. The number of hydrogen-bond donors (Lipinski definition) is 0. The van der Waals surface area contributed by atoms with Crippen molar-refractivity contribution in [1.82, 2.24) is 4.90 Å². The molecule has 0 bridgehead atoms. The van der Waals surface area contributed by atoms with E-state index in [1.165, 1.54) is 25.3 Å². The molecule has 3 heteroatoms. The Balaban J connectivity index is 1.98. The summed E-state index contributed by atoms with van der Waals surface area (Å²) in [7, 11) is 0. The molecule has 2 rings (SSSR count). The third kappa shape index (κ3) is 3.33. The second-order valence-corrected chi connectivity index (χ2v) is 5.87. The third-order valence-corrected chi connectivity index (χ3v) is 4.47. The number of nitriles is 1. The van der Waals surface area contributed by atoms with E-state index in [4.69, 9.17) is 5.26 Å². The van der Waals surface area contributed by atoms with E-state index in [0.29, 0.717) is 5.41 Å². The molecule has 0 saturated carbocycles. The molecule has 0 N–H and O–H groups in total. The Bertz CT molecular complexity index is 482. The maximum Gasteiger partial charge on any atom is 0.140 e. The van der Waals surface area contributed by atoms with E-state index in [0.717, 1.165) is 25.2 Å². The molecule has 0 atom stereocenters. The number of rotatable bonds is 3. The lowest BCUT2D eigenvalue weighted by Crippen LogP contribution is -2.37. The minimum atomic E-state index is -0.427. The molecule has 1 heterocycles. The van der Waals surface area contributed by atoms with Crippen LogP contribution >= 0.6 is 0 Å². The summed E-state index contributed by atoms with van der Waals surface area (Å²) in [6.45, 7) is 7.60. The fourth-order valence-electron chi connectivity index (χ4n) is 2.62. The maximum atomic E-state index is 13.3. The molecule has 1 aliphatic rings. The fourth-order valence-corrected chi connectivity index (χ4v) is 2.62. The van der Waals surface area contributed by atoms with Gasteiger partial charge in [0.15, 0.2) is 0 Å². The molecule has 1 aliphatic heterocycles. The summed E-state index contributed by atoms with van der Waals surface area (Å²) in [4.78, 5) is 2.39. The monoisotopic (exact) mass is 260 g/mol. The van der Waals surface area contributed by atoms with Gasteiger partial charge in [0, 0.05) is 6.54 Å². The smallest absolute Gasteiger partial charge is 0.140 e. The highest BCUT2D eigenvalue weighted by Gasteiger charge is 2.28. The van der Waals surface area contributed by atoms with Gasteiger partial charge in [-0.25, -0.2) is 4.39 Å². The molecular weight excluding hydrogens is 239 g/mol. The normalized spacial score (nSPS) is 19.1. The molecule has 0 radical (unpaired) electrons. The van der Waals surface area contributed by atoms with Crippen molar-refractivity contribution in [2.75, 3.05) is 13.1 Å². The molecule has 2 nitrogen and oxygen atoms in total. The number of hydrogen-bond acceptors (Lipinski definition) is 2. The molecule has 1 aromatic rings. The molecule has 0 spiro atoms. The number of nitrogens with zero attached hydrogens (tertiary/aromatic N) is 2. The van der Waals surface area contributed by atoms with Gasteiger partial charge >= 0.3 is 0 Å². The van der Waals surface area contributed by atoms with Crippen molar-refractivity contribution in [3.05, 3.63) is 35.1 Å². The lowest BCUT2D eigenvalue weighted by atomic mass is 9.78. The molecule has 1 fully saturated rings. The quantitative estimate of drug-likeness (QED) is 0.828. The highest BCUT2D eigenvalue weighted by atomic mass is 19.1. The first-order chi connectivity index (χ1) is 9.06. The Labute approximate surface area is 114 Å². The number of halogens is 1. The Kier molecular flexibility index (Phi) is 4.21. The van der Waals surface area contributed by atoms with Gasteiger partial charge < -0.3 is 0 Å². The molecular formula is C16H21FN2. The largest absolute Gasteiger partial charge is 0.299 e. The van der Waals surface area contributed by atoms with Gasteiger partial charge in [0.1, 0.15) is 11.9 Å². The molecule has 0 unspecified atom stereocenters. The summed E-state index contributed by atoms with van der Waals surface area (Å²) in [5.74, 6) is -0.427. The fraction of sp³-hybridized carbons (Fsp3) is 0.562.